The van der Waals surface area contributed by atoms with Crippen molar-refractivity contribution < 1.29 is 4.79 Å². The first kappa shape index (κ1) is 18.2. The zero-order valence-corrected chi connectivity index (χ0v) is 16.9. The normalized spacial score (nSPS) is 17.9. The first-order valence-corrected chi connectivity index (χ1v) is 10.1. The number of imidazole rings is 1. The smallest absolute Gasteiger partial charge is 0.224 e. The van der Waals surface area contributed by atoms with Crippen molar-refractivity contribution in [2.75, 3.05) is 20.1 Å². The number of nitrogens with zero attached hydrogens (tertiary/aromatic N) is 3. The molecule has 1 N–H and O–H groups in total. The zero-order valence-electron chi connectivity index (χ0n) is 15.4. The Balaban J connectivity index is 1.68. The van der Waals surface area contributed by atoms with E-state index in [9.17, 15) is 4.79 Å². The fourth-order valence-electron chi connectivity index (χ4n) is 3.88. The molecule has 140 valence electrons. The quantitative estimate of drug-likeness (QED) is 0.690. The van der Waals surface area contributed by atoms with Gasteiger partial charge in [0, 0.05) is 23.8 Å². The third-order valence-corrected chi connectivity index (χ3v) is 5.73. The average molecular weight is 427 g/mol. The van der Waals surface area contributed by atoms with Crippen LogP contribution in [0.3, 0.4) is 0 Å². The molecule has 0 radical (unpaired) electrons. The van der Waals surface area contributed by atoms with Crippen LogP contribution in [0.4, 0.5) is 0 Å². The van der Waals surface area contributed by atoms with Gasteiger partial charge in [0.05, 0.1) is 23.5 Å². The summed E-state index contributed by atoms with van der Waals surface area (Å²) in [5.74, 6) is 1.21. The molecule has 0 aliphatic carbocycles. The highest BCUT2D eigenvalue weighted by Crippen LogP contribution is 2.25. The van der Waals surface area contributed by atoms with Crippen LogP contribution in [0.2, 0.25) is 0 Å². The van der Waals surface area contributed by atoms with Gasteiger partial charge in [-0.15, -0.1) is 0 Å². The number of nitrogens with one attached hydrogen (secondary N) is 1. The molecule has 4 rings (SSSR count). The Labute approximate surface area is 167 Å². The molecule has 1 atom stereocenters. The number of piperidine rings is 1. The molecule has 0 saturated carbocycles. The lowest BCUT2D eigenvalue weighted by Crippen LogP contribution is -2.42. The lowest BCUT2D eigenvalue weighted by Gasteiger charge is -2.31. The highest BCUT2D eigenvalue weighted by Gasteiger charge is 2.26. The second-order valence-corrected chi connectivity index (χ2v) is 7.93. The minimum absolute atomic E-state index is 0.0641. The molecule has 6 heteroatoms. The molecule has 1 aliphatic heterocycles. The maximum atomic E-state index is 12.1. The van der Waals surface area contributed by atoms with Crippen LogP contribution in [-0.2, 0) is 11.3 Å². The number of fused-ring (bicyclic) bond motifs is 1. The minimum Gasteiger partial charge on any atom is -0.359 e. The SMILES string of the molecule is CNC(=O)[C@@H]1CCCN(Cc2nc3ccccc3n2-c2ccc(Br)cc2)C1. The fraction of sp³-hybridized carbons (Fsp3) is 0.333. The largest absolute Gasteiger partial charge is 0.359 e. The molecule has 2 aromatic carbocycles. The Morgan fingerprint density at radius 2 is 2.00 bits per heavy atom. The van der Waals surface area contributed by atoms with Crippen LogP contribution in [0.15, 0.2) is 53.0 Å². The standard InChI is InChI=1S/C21H23BrN4O/c1-23-21(27)15-5-4-12-25(13-15)14-20-24-18-6-2-3-7-19(18)26(20)17-10-8-16(22)9-11-17/h2-3,6-11,15H,4-5,12-14H2,1H3,(H,23,27)/t15-/m1/s1. The van der Waals surface area contributed by atoms with Gasteiger partial charge in [0.1, 0.15) is 5.82 Å². The zero-order chi connectivity index (χ0) is 18.8. The maximum absolute atomic E-state index is 12.1. The molecule has 0 unspecified atom stereocenters. The van der Waals surface area contributed by atoms with Crippen molar-refractivity contribution in [2.24, 2.45) is 5.92 Å². The summed E-state index contributed by atoms with van der Waals surface area (Å²) in [7, 11) is 1.72. The summed E-state index contributed by atoms with van der Waals surface area (Å²) in [6, 6.07) is 16.5. The second-order valence-electron chi connectivity index (χ2n) is 7.02. The Kier molecular flexibility index (Phi) is 5.27. The molecular weight excluding hydrogens is 404 g/mol. The Morgan fingerprint density at radius 1 is 1.22 bits per heavy atom. The number of carbonyl (C=O) groups is 1. The number of amides is 1. The molecular formula is C21H23BrN4O. The van der Waals surface area contributed by atoms with Gasteiger partial charge in [0.2, 0.25) is 5.91 Å². The van der Waals surface area contributed by atoms with E-state index in [2.05, 4.69) is 67.1 Å². The van der Waals surface area contributed by atoms with Crippen molar-refractivity contribution in [2.45, 2.75) is 19.4 Å². The third-order valence-electron chi connectivity index (χ3n) is 5.20. The van der Waals surface area contributed by atoms with E-state index in [1.807, 2.05) is 12.1 Å². The van der Waals surface area contributed by atoms with Gasteiger partial charge in [-0.25, -0.2) is 4.98 Å². The van der Waals surface area contributed by atoms with Crippen molar-refractivity contribution in [1.82, 2.24) is 19.8 Å². The van der Waals surface area contributed by atoms with Crippen molar-refractivity contribution in [1.29, 1.82) is 0 Å². The van der Waals surface area contributed by atoms with E-state index in [1.165, 1.54) is 0 Å². The fourth-order valence-corrected chi connectivity index (χ4v) is 4.14. The van der Waals surface area contributed by atoms with Crippen molar-refractivity contribution in [3.05, 3.63) is 58.8 Å². The maximum Gasteiger partial charge on any atom is 0.224 e. The van der Waals surface area contributed by atoms with Crippen LogP contribution < -0.4 is 5.32 Å². The second kappa shape index (κ2) is 7.82. The Hall–Kier alpha value is -2.18. The van der Waals surface area contributed by atoms with Gasteiger partial charge in [-0.1, -0.05) is 28.1 Å². The van der Waals surface area contributed by atoms with Crippen LogP contribution >= 0.6 is 15.9 Å². The first-order valence-electron chi connectivity index (χ1n) is 9.32. The minimum atomic E-state index is 0.0641. The third kappa shape index (κ3) is 3.77. The number of para-hydroxylation sites is 2. The van der Waals surface area contributed by atoms with Crippen molar-refractivity contribution in [3.63, 3.8) is 0 Å². The van der Waals surface area contributed by atoms with E-state index in [0.717, 1.165) is 59.5 Å². The molecule has 5 nitrogen and oxygen atoms in total. The Morgan fingerprint density at radius 3 is 2.78 bits per heavy atom. The van der Waals surface area contributed by atoms with Crippen LogP contribution in [0.1, 0.15) is 18.7 Å². The van der Waals surface area contributed by atoms with Crippen LogP contribution in [-0.4, -0.2) is 40.5 Å². The molecule has 1 amide bonds. The summed E-state index contributed by atoms with van der Waals surface area (Å²) in [4.78, 5) is 19.3. The topological polar surface area (TPSA) is 50.2 Å². The van der Waals surface area contributed by atoms with Gasteiger partial charge >= 0.3 is 0 Å². The number of halogens is 1. The van der Waals surface area contributed by atoms with E-state index in [4.69, 9.17) is 4.98 Å². The monoisotopic (exact) mass is 426 g/mol. The molecule has 0 spiro atoms. The van der Waals surface area contributed by atoms with Gasteiger partial charge in [-0.05, 0) is 55.8 Å². The van der Waals surface area contributed by atoms with E-state index in [1.54, 1.807) is 7.05 Å². The van der Waals surface area contributed by atoms with E-state index in [0.29, 0.717) is 0 Å². The first-order chi connectivity index (χ1) is 13.2. The summed E-state index contributed by atoms with van der Waals surface area (Å²) in [5, 5.41) is 2.79. The molecule has 1 saturated heterocycles. The highest BCUT2D eigenvalue weighted by atomic mass is 79.9. The van der Waals surface area contributed by atoms with E-state index >= 15 is 0 Å². The molecule has 1 aliphatic rings. The van der Waals surface area contributed by atoms with Crippen LogP contribution in [0.25, 0.3) is 16.7 Å². The summed E-state index contributed by atoms with van der Waals surface area (Å²) >= 11 is 3.51. The molecule has 1 fully saturated rings. The van der Waals surface area contributed by atoms with E-state index < -0.39 is 0 Å². The number of rotatable bonds is 4. The van der Waals surface area contributed by atoms with Crippen molar-refractivity contribution >= 4 is 32.9 Å². The summed E-state index contributed by atoms with van der Waals surface area (Å²) in [6.07, 6.45) is 2.00. The number of aromatic nitrogens is 2. The number of carbonyl (C=O) groups excluding carboxylic acids is 1. The molecule has 27 heavy (non-hydrogen) atoms. The van der Waals surface area contributed by atoms with Gasteiger partial charge in [0.25, 0.3) is 0 Å². The lowest BCUT2D eigenvalue weighted by atomic mass is 9.97. The van der Waals surface area contributed by atoms with Gasteiger partial charge in [0.15, 0.2) is 0 Å². The van der Waals surface area contributed by atoms with Gasteiger partial charge in [-0.3, -0.25) is 14.3 Å². The summed E-state index contributed by atoms with van der Waals surface area (Å²) < 4.78 is 3.28. The molecule has 1 aromatic heterocycles. The predicted molar refractivity (Wildman–Crippen MR) is 111 cm³/mol. The van der Waals surface area contributed by atoms with Crippen molar-refractivity contribution in [3.8, 4) is 5.69 Å². The average Bonchev–Trinajstić information content (AvgIpc) is 3.06. The lowest BCUT2D eigenvalue weighted by molar-refractivity contribution is -0.126. The predicted octanol–water partition coefficient (Wildman–Crippen LogP) is 3.75. The van der Waals surface area contributed by atoms with Gasteiger partial charge in [-0.2, -0.15) is 0 Å². The molecule has 2 heterocycles. The number of hydrogen-bond donors (Lipinski definition) is 1. The van der Waals surface area contributed by atoms with E-state index in [-0.39, 0.29) is 11.8 Å². The van der Waals surface area contributed by atoms with Crippen LogP contribution in [0.5, 0.6) is 0 Å². The van der Waals surface area contributed by atoms with Gasteiger partial charge < -0.3 is 5.32 Å². The van der Waals surface area contributed by atoms with Crippen LogP contribution in [0, 0.1) is 5.92 Å². The Bertz CT molecular complexity index is 950. The number of likely N-dealkylation sites (tertiary alicyclic amines) is 1. The number of hydrogen-bond acceptors (Lipinski definition) is 3. The summed E-state index contributed by atoms with van der Waals surface area (Å²) in [5.41, 5.74) is 3.20. The molecule has 0 bridgehead atoms. The highest BCUT2D eigenvalue weighted by molar-refractivity contribution is 9.10. The number of benzene rings is 2. The molecule has 3 aromatic rings. The summed E-state index contributed by atoms with van der Waals surface area (Å²) in [6.45, 7) is 2.51.